The number of fused-ring (bicyclic) bond motifs is 6. The van der Waals surface area contributed by atoms with Crippen LogP contribution in [0, 0.1) is 0 Å². The molecule has 3 aliphatic heterocycles. The SMILES string of the molecule is C=CCn1c(=O)c2cnc(Nc3ccc4c(c3)CCN(C3CCC(N5CCc6ccc7c(C8CCC(=O)NC8=O)noc7c6C5)CC3)C4)nc2n1-c1ccc2c(n1)[C@@](O)(CC)CC2. The quantitative estimate of drug-likeness (QED) is 0.117. The molecule has 2 aromatic carbocycles. The summed E-state index contributed by atoms with van der Waals surface area (Å²) in [6.45, 7) is 9.88. The van der Waals surface area contributed by atoms with E-state index in [-0.39, 0.29) is 23.9 Å². The van der Waals surface area contributed by atoms with E-state index in [1.165, 1.54) is 22.3 Å². The maximum absolute atomic E-state index is 13.6. The first-order valence-electron chi connectivity index (χ1n) is 22.6. The van der Waals surface area contributed by atoms with Gasteiger partial charge in [-0.15, -0.1) is 6.58 Å². The normalized spacial score (nSPS) is 24.0. The summed E-state index contributed by atoms with van der Waals surface area (Å²) in [4.78, 5) is 57.7. The fourth-order valence-corrected chi connectivity index (χ4v) is 11.1. The fourth-order valence-electron chi connectivity index (χ4n) is 11.1. The van der Waals surface area contributed by atoms with Crippen LogP contribution in [0.3, 0.4) is 0 Å². The van der Waals surface area contributed by atoms with Crippen LogP contribution in [0.15, 0.2) is 70.6 Å². The maximum atomic E-state index is 13.6. The van der Waals surface area contributed by atoms with Gasteiger partial charge in [-0.05, 0) is 111 Å². The molecule has 2 atom stereocenters. The molecule has 6 aromatic rings. The van der Waals surface area contributed by atoms with Gasteiger partial charge in [0.2, 0.25) is 17.8 Å². The Morgan fingerprint density at radius 2 is 1.65 bits per heavy atom. The van der Waals surface area contributed by atoms with Crippen molar-refractivity contribution in [1.82, 2.24) is 44.6 Å². The van der Waals surface area contributed by atoms with Crippen molar-refractivity contribution >= 4 is 45.5 Å². The molecule has 1 saturated heterocycles. The van der Waals surface area contributed by atoms with Gasteiger partial charge >= 0.3 is 0 Å². The topological polar surface area (TPSA) is 177 Å². The summed E-state index contributed by atoms with van der Waals surface area (Å²) >= 11 is 0. The van der Waals surface area contributed by atoms with E-state index in [1.54, 1.807) is 21.6 Å². The number of hydrogen-bond acceptors (Lipinski definition) is 12. The van der Waals surface area contributed by atoms with Gasteiger partial charge in [0, 0.05) is 67.5 Å². The molecule has 7 heterocycles. The van der Waals surface area contributed by atoms with Crippen LogP contribution in [-0.4, -0.2) is 81.4 Å². The molecule has 324 valence electrons. The van der Waals surface area contributed by atoms with Gasteiger partial charge in [-0.25, -0.2) is 19.3 Å². The lowest BCUT2D eigenvalue weighted by atomic mass is 9.86. The number of rotatable bonds is 9. The summed E-state index contributed by atoms with van der Waals surface area (Å²) in [5, 5.41) is 22.8. The van der Waals surface area contributed by atoms with E-state index >= 15 is 0 Å². The molecule has 63 heavy (non-hydrogen) atoms. The van der Waals surface area contributed by atoms with Gasteiger partial charge < -0.3 is 14.9 Å². The Hall–Kier alpha value is -6.03. The van der Waals surface area contributed by atoms with Gasteiger partial charge in [0.05, 0.1) is 18.2 Å². The smallest absolute Gasteiger partial charge is 0.278 e. The predicted molar refractivity (Wildman–Crippen MR) is 237 cm³/mol. The van der Waals surface area contributed by atoms with Crippen molar-refractivity contribution in [2.45, 2.75) is 121 Å². The molecule has 1 unspecified atom stereocenters. The van der Waals surface area contributed by atoms with E-state index in [2.05, 4.69) is 61.4 Å². The summed E-state index contributed by atoms with van der Waals surface area (Å²) in [5.74, 6) is -0.0935. The van der Waals surface area contributed by atoms with Crippen LogP contribution in [-0.2, 0) is 54.1 Å². The lowest BCUT2D eigenvalue weighted by Gasteiger charge is -2.43. The van der Waals surface area contributed by atoms with Gasteiger partial charge in [-0.1, -0.05) is 36.4 Å². The number of aliphatic hydroxyl groups is 1. The number of imide groups is 1. The van der Waals surface area contributed by atoms with Crippen LogP contribution in [0.5, 0.6) is 0 Å². The third kappa shape index (κ3) is 6.88. The van der Waals surface area contributed by atoms with Crippen molar-refractivity contribution in [1.29, 1.82) is 0 Å². The highest BCUT2D eigenvalue weighted by atomic mass is 16.5. The number of piperidine rings is 1. The first-order valence-corrected chi connectivity index (χ1v) is 22.6. The summed E-state index contributed by atoms with van der Waals surface area (Å²) in [5.41, 5.74) is 8.35. The zero-order valence-corrected chi connectivity index (χ0v) is 35.6. The van der Waals surface area contributed by atoms with Crippen molar-refractivity contribution in [2.24, 2.45) is 0 Å². The van der Waals surface area contributed by atoms with Crippen LogP contribution < -0.4 is 16.2 Å². The molecule has 2 fully saturated rings. The molecule has 0 spiro atoms. The first kappa shape index (κ1) is 39.8. The number of nitrogens with zero attached hydrogens (tertiary/aromatic N) is 8. The van der Waals surface area contributed by atoms with Crippen LogP contribution in [0.1, 0.15) is 103 Å². The molecule has 5 aliphatic rings. The lowest BCUT2D eigenvalue weighted by molar-refractivity contribution is -0.134. The number of hydrogen-bond donors (Lipinski definition) is 3. The van der Waals surface area contributed by atoms with Crippen LogP contribution in [0.2, 0.25) is 0 Å². The van der Waals surface area contributed by atoms with Crippen molar-refractivity contribution in [3.63, 3.8) is 0 Å². The van der Waals surface area contributed by atoms with E-state index in [4.69, 9.17) is 14.5 Å². The third-order valence-corrected chi connectivity index (χ3v) is 14.7. The largest absolute Gasteiger partial charge is 0.384 e. The minimum Gasteiger partial charge on any atom is -0.384 e. The Labute approximate surface area is 364 Å². The minimum atomic E-state index is -0.992. The Kier molecular flexibility index (Phi) is 9.88. The number of nitrogens with one attached hydrogen (secondary N) is 2. The summed E-state index contributed by atoms with van der Waals surface area (Å²) in [6.07, 6.45) is 12.5. The highest BCUT2D eigenvalue weighted by Crippen LogP contribution is 2.40. The number of aromatic nitrogens is 6. The second-order valence-electron chi connectivity index (χ2n) is 18.1. The molecule has 15 heteroatoms. The molecular formula is C48H52N10O5. The standard InChI is InChI=1S/C48H52N10O5/c1-3-21-57-46(61)37-25-49-47(53-44(37)58(57)39-15-7-29-17-20-48(62,4-2)43(29)51-39)50-32-8-5-31-26-55(23-19-30(31)24-32)33-9-11-34(12-10-33)56-22-18-28-6-13-35-41(54-63-42(35)38(28)27-56)36-14-16-40(59)52-45(36)60/h3,5-8,13,15,24-25,33-34,36,62H,1,4,9-12,14,16-23,26-27H2,2H3,(H,49,50,53)(H,52,59,60)/t33?,34?,36?,48-/m1/s1. The van der Waals surface area contributed by atoms with Crippen molar-refractivity contribution in [3.8, 4) is 5.82 Å². The van der Waals surface area contributed by atoms with Crippen LogP contribution >= 0.6 is 0 Å². The number of carbonyl (C=O) groups excluding carboxylic acids is 2. The Morgan fingerprint density at radius 3 is 2.43 bits per heavy atom. The van der Waals surface area contributed by atoms with Crippen LogP contribution in [0.4, 0.5) is 11.6 Å². The molecule has 0 radical (unpaired) electrons. The maximum Gasteiger partial charge on any atom is 0.278 e. The molecule has 2 aliphatic carbocycles. The highest BCUT2D eigenvalue weighted by molar-refractivity contribution is 6.02. The zero-order valence-electron chi connectivity index (χ0n) is 35.6. The predicted octanol–water partition coefficient (Wildman–Crippen LogP) is 5.84. The number of anilines is 2. The van der Waals surface area contributed by atoms with E-state index in [9.17, 15) is 19.5 Å². The van der Waals surface area contributed by atoms with Gasteiger partial charge in [0.1, 0.15) is 16.7 Å². The second kappa shape index (κ2) is 15.6. The van der Waals surface area contributed by atoms with E-state index in [0.29, 0.717) is 72.0 Å². The Balaban J connectivity index is 0.752. The number of allylic oxidation sites excluding steroid dienone is 1. The van der Waals surface area contributed by atoms with Crippen LogP contribution in [0.25, 0.3) is 27.8 Å². The fraction of sp³-hybridized carbons (Fsp3) is 0.438. The van der Waals surface area contributed by atoms with Crippen molar-refractivity contribution in [3.05, 3.63) is 111 Å². The van der Waals surface area contributed by atoms with Gasteiger partial charge in [0.25, 0.3) is 5.56 Å². The monoisotopic (exact) mass is 848 g/mol. The Morgan fingerprint density at radius 1 is 0.889 bits per heavy atom. The number of carbonyl (C=O) groups is 2. The van der Waals surface area contributed by atoms with Crippen molar-refractivity contribution < 1.29 is 19.2 Å². The highest BCUT2D eigenvalue weighted by Gasteiger charge is 2.38. The zero-order chi connectivity index (χ0) is 43.0. The van der Waals surface area contributed by atoms with Gasteiger partial charge in [-0.3, -0.25) is 29.5 Å². The van der Waals surface area contributed by atoms with Gasteiger partial charge in [0.15, 0.2) is 17.0 Å². The first-order chi connectivity index (χ1) is 30.7. The number of benzene rings is 2. The second-order valence-corrected chi connectivity index (χ2v) is 18.1. The molecule has 11 rings (SSSR count). The number of pyridine rings is 1. The summed E-state index contributed by atoms with van der Waals surface area (Å²) in [7, 11) is 0. The molecule has 3 N–H and O–H groups in total. The molecular weight excluding hydrogens is 797 g/mol. The molecule has 0 bridgehead atoms. The summed E-state index contributed by atoms with van der Waals surface area (Å²) < 4.78 is 9.24. The Bertz CT molecular complexity index is 2890. The average molecular weight is 849 g/mol. The minimum absolute atomic E-state index is 0.230. The molecule has 2 amide bonds. The molecule has 1 saturated carbocycles. The summed E-state index contributed by atoms with van der Waals surface area (Å²) in [6, 6.07) is 15.7. The third-order valence-electron chi connectivity index (χ3n) is 14.7. The lowest BCUT2D eigenvalue weighted by Crippen LogP contribution is -2.46. The van der Waals surface area contributed by atoms with E-state index in [0.717, 1.165) is 93.3 Å². The molecule has 4 aromatic heterocycles. The van der Waals surface area contributed by atoms with E-state index < -0.39 is 11.5 Å². The van der Waals surface area contributed by atoms with E-state index in [1.807, 2.05) is 25.1 Å². The molecule has 15 nitrogen and oxygen atoms in total. The number of aryl methyl sites for hydroxylation is 1. The number of amides is 2. The van der Waals surface area contributed by atoms with Crippen molar-refractivity contribution in [2.75, 3.05) is 18.4 Å². The van der Waals surface area contributed by atoms with Gasteiger partial charge in [-0.2, -0.15) is 4.98 Å². The average Bonchev–Trinajstić information content (AvgIpc) is 3.97.